The number of esters is 1. The number of hydrogen-bond acceptors (Lipinski definition) is 5. The topological polar surface area (TPSA) is 62.9 Å². The first kappa shape index (κ1) is 18.9. The molecule has 0 saturated heterocycles. The number of benzene rings is 2. The van der Waals surface area contributed by atoms with Crippen LogP contribution in [0.5, 0.6) is 0 Å². The summed E-state index contributed by atoms with van der Waals surface area (Å²) in [5.41, 5.74) is 2.07. The van der Waals surface area contributed by atoms with Gasteiger partial charge in [-0.15, -0.1) is 0 Å². The first-order valence-corrected chi connectivity index (χ1v) is 8.80. The van der Waals surface area contributed by atoms with Crippen molar-refractivity contribution in [2.45, 2.75) is 25.2 Å². The lowest BCUT2D eigenvalue weighted by molar-refractivity contribution is -0.153. The number of aliphatic hydroxyl groups excluding tert-OH is 1. The summed E-state index contributed by atoms with van der Waals surface area (Å²) in [6.45, 7) is 0.959. The van der Waals surface area contributed by atoms with Gasteiger partial charge in [0, 0.05) is 13.1 Å². The Morgan fingerprint density at radius 2 is 1.52 bits per heavy atom. The molecule has 0 fully saturated rings. The Labute approximate surface area is 158 Å². The van der Waals surface area contributed by atoms with Gasteiger partial charge in [-0.25, -0.2) is 0 Å². The highest BCUT2D eigenvalue weighted by atomic mass is 16.5. The highest BCUT2D eigenvalue weighted by Crippen LogP contribution is 2.26. The van der Waals surface area contributed by atoms with E-state index >= 15 is 0 Å². The number of aliphatic hydroxyl groups is 1. The van der Waals surface area contributed by atoms with Crippen LogP contribution < -0.4 is 0 Å². The summed E-state index contributed by atoms with van der Waals surface area (Å²) in [4.78, 5) is 14.5. The molecule has 0 aliphatic carbocycles. The molecule has 0 aliphatic heterocycles. The van der Waals surface area contributed by atoms with Crippen molar-refractivity contribution in [1.29, 1.82) is 0 Å². The van der Waals surface area contributed by atoms with Crippen molar-refractivity contribution in [3.05, 3.63) is 95.9 Å². The van der Waals surface area contributed by atoms with Crippen LogP contribution in [0.3, 0.4) is 0 Å². The van der Waals surface area contributed by atoms with E-state index in [0.29, 0.717) is 18.8 Å². The van der Waals surface area contributed by atoms with Gasteiger partial charge in [0.05, 0.1) is 13.4 Å². The molecular weight excluding hydrogens is 342 g/mol. The first-order valence-electron chi connectivity index (χ1n) is 8.80. The van der Waals surface area contributed by atoms with E-state index in [-0.39, 0.29) is 0 Å². The molecule has 1 N–H and O–H groups in total. The predicted molar refractivity (Wildman–Crippen MR) is 102 cm³/mol. The maximum absolute atomic E-state index is 12.6. The molecule has 0 saturated carbocycles. The van der Waals surface area contributed by atoms with E-state index in [1.807, 2.05) is 65.6 Å². The Morgan fingerprint density at radius 1 is 0.963 bits per heavy atom. The van der Waals surface area contributed by atoms with Crippen molar-refractivity contribution >= 4 is 5.97 Å². The van der Waals surface area contributed by atoms with Crippen molar-refractivity contribution in [2.24, 2.45) is 0 Å². The summed E-state index contributed by atoms with van der Waals surface area (Å²) in [5, 5.41) is 10.9. The molecule has 1 heterocycles. The van der Waals surface area contributed by atoms with Gasteiger partial charge < -0.3 is 14.3 Å². The quantitative estimate of drug-likeness (QED) is 0.619. The van der Waals surface area contributed by atoms with Crippen molar-refractivity contribution in [2.75, 3.05) is 7.11 Å². The lowest BCUT2D eigenvalue weighted by atomic mass is 10.0. The van der Waals surface area contributed by atoms with Gasteiger partial charge in [-0.1, -0.05) is 60.7 Å². The number of carbonyl (C=O) groups excluding carboxylic acids is 1. The normalized spacial score (nSPS) is 13.3. The smallest absolute Gasteiger partial charge is 0.326 e. The third-order valence-electron chi connectivity index (χ3n) is 4.43. The molecule has 5 nitrogen and oxygen atoms in total. The highest BCUT2D eigenvalue weighted by molar-refractivity contribution is 5.76. The molecule has 0 radical (unpaired) electrons. The first-order chi connectivity index (χ1) is 13.2. The minimum Gasteiger partial charge on any atom is -0.468 e. The molecule has 0 amide bonds. The number of methoxy groups -OCH3 is 1. The number of hydrogen-bond donors (Lipinski definition) is 1. The number of nitrogens with zero attached hydrogens (tertiary/aromatic N) is 1. The van der Waals surface area contributed by atoms with Crippen molar-refractivity contribution in [1.82, 2.24) is 4.90 Å². The van der Waals surface area contributed by atoms with Gasteiger partial charge in [0.15, 0.2) is 0 Å². The lowest BCUT2D eigenvalue weighted by Crippen LogP contribution is -2.45. The Morgan fingerprint density at radius 3 is 1.96 bits per heavy atom. The number of ether oxygens (including phenoxy) is 1. The molecule has 140 valence electrons. The average molecular weight is 365 g/mol. The van der Waals surface area contributed by atoms with Gasteiger partial charge in [0.1, 0.15) is 17.9 Å². The van der Waals surface area contributed by atoms with Crippen LogP contribution in [-0.4, -0.2) is 29.1 Å². The van der Waals surface area contributed by atoms with Gasteiger partial charge >= 0.3 is 5.97 Å². The van der Waals surface area contributed by atoms with Gasteiger partial charge in [0.25, 0.3) is 0 Å². The minimum atomic E-state index is -1.14. The summed E-state index contributed by atoms with van der Waals surface area (Å²) in [7, 11) is 1.33. The summed E-state index contributed by atoms with van der Waals surface area (Å²) in [5.74, 6) is -0.178. The molecule has 2 atom stereocenters. The van der Waals surface area contributed by atoms with Crippen molar-refractivity contribution in [3.8, 4) is 0 Å². The van der Waals surface area contributed by atoms with Crippen LogP contribution in [0.2, 0.25) is 0 Å². The largest absolute Gasteiger partial charge is 0.468 e. The molecule has 27 heavy (non-hydrogen) atoms. The second-order valence-corrected chi connectivity index (χ2v) is 6.30. The van der Waals surface area contributed by atoms with Crippen molar-refractivity contribution in [3.63, 3.8) is 0 Å². The summed E-state index contributed by atoms with van der Waals surface area (Å²) < 4.78 is 10.3. The maximum atomic E-state index is 12.6. The zero-order chi connectivity index (χ0) is 19.1. The molecule has 0 bridgehead atoms. The summed E-state index contributed by atoms with van der Waals surface area (Å²) >= 11 is 0. The second-order valence-electron chi connectivity index (χ2n) is 6.30. The van der Waals surface area contributed by atoms with E-state index in [2.05, 4.69) is 0 Å². The van der Waals surface area contributed by atoms with Gasteiger partial charge in [-0.3, -0.25) is 9.69 Å². The van der Waals surface area contributed by atoms with Gasteiger partial charge in [-0.2, -0.15) is 0 Å². The fraction of sp³-hybridized carbons (Fsp3) is 0.227. The molecule has 1 aromatic heterocycles. The molecule has 3 aromatic rings. The fourth-order valence-corrected chi connectivity index (χ4v) is 3.10. The molecule has 2 aromatic carbocycles. The Kier molecular flexibility index (Phi) is 6.41. The summed E-state index contributed by atoms with van der Waals surface area (Å²) in [6, 6.07) is 22.1. The molecule has 0 unspecified atom stereocenters. The van der Waals surface area contributed by atoms with Gasteiger partial charge in [0.2, 0.25) is 0 Å². The molecule has 3 rings (SSSR count). The van der Waals surface area contributed by atoms with Gasteiger partial charge in [-0.05, 0) is 23.3 Å². The lowest BCUT2D eigenvalue weighted by Gasteiger charge is -2.32. The Bertz CT molecular complexity index is 777. The van der Waals surface area contributed by atoms with E-state index in [1.54, 1.807) is 12.1 Å². The van der Waals surface area contributed by atoms with E-state index in [1.165, 1.54) is 13.4 Å². The number of carbonyl (C=O) groups is 1. The van der Waals surface area contributed by atoms with Crippen LogP contribution in [0.25, 0.3) is 0 Å². The second kappa shape index (κ2) is 9.16. The van der Waals surface area contributed by atoms with Crippen LogP contribution in [-0.2, 0) is 22.6 Å². The average Bonchev–Trinajstić information content (AvgIpc) is 3.24. The van der Waals surface area contributed by atoms with E-state index in [9.17, 15) is 9.90 Å². The zero-order valence-corrected chi connectivity index (χ0v) is 15.2. The zero-order valence-electron chi connectivity index (χ0n) is 15.2. The predicted octanol–water partition coefficient (Wildman–Crippen LogP) is 3.56. The van der Waals surface area contributed by atoms with E-state index in [4.69, 9.17) is 9.15 Å². The monoisotopic (exact) mass is 365 g/mol. The van der Waals surface area contributed by atoms with Crippen LogP contribution in [0, 0.1) is 0 Å². The van der Waals surface area contributed by atoms with E-state index < -0.39 is 18.1 Å². The molecule has 0 spiro atoms. The van der Waals surface area contributed by atoms with Crippen LogP contribution in [0.4, 0.5) is 0 Å². The Balaban J connectivity index is 1.94. The van der Waals surface area contributed by atoms with Crippen LogP contribution >= 0.6 is 0 Å². The molecule has 5 heteroatoms. The third-order valence-corrected chi connectivity index (χ3v) is 4.43. The minimum absolute atomic E-state index is 0.330. The standard InChI is InChI=1S/C22H23NO4/c1-26-22(25)20(21(24)19-13-8-14-27-19)23(15-17-9-4-2-5-10-17)16-18-11-6-3-7-12-18/h2-14,20-21,24H,15-16H2,1H3/t20-,21+/m1/s1. The van der Waals surface area contributed by atoms with Crippen LogP contribution in [0.1, 0.15) is 23.0 Å². The van der Waals surface area contributed by atoms with Crippen molar-refractivity contribution < 1.29 is 19.1 Å². The molecular formula is C22H23NO4. The third kappa shape index (κ3) is 4.84. The molecule has 0 aliphatic rings. The van der Waals surface area contributed by atoms with Crippen LogP contribution in [0.15, 0.2) is 83.5 Å². The number of rotatable bonds is 8. The Hall–Kier alpha value is -2.89. The fourth-order valence-electron chi connectivity index (χ4n) is 3.10. The summed E-state index contributed by atoms with van der Waals surface area (Å²) in [6.07, 6.45) is 0.339. The maximum Gasteiger partial charge on any atom is 0.326 e. The number of furan rings is 1. The highest BCUT2D eigenvalue weighted by Gasteiger charge is 2.36. The van der Waals surface area contributed by atoms with E-state index in [0.717, 1.165) is 11.1 Å². The SMILES string of the molecule is COC(=O)[C@@H]([C@@H](O)c1ccco1)N(Cc1ccccc1)Cc1ccccc1.